The highest BCUT2D eigenvalue weighted by Crippen LogP contribution is 2.36. The third kappa shape index (κ3) is 6.18. The molecule has 2 aromatic carbocycles. The third-order valence-electron chi connectivity index (χ3n) is 5.91. The predicted octanol–water partition coefficient (Wildman–Crippen LogP) is 7.82. The molecule has 34 heavy (non-hydrogen) atoms. The molecule has 0 bridgehead atoms. The number of nitrogens with zero attached hydrogens (tertiary/aromatic N) is 2. The van der Waals surface area contributed by atoms with Crippen molar-refractivity contribution < 1.29 is 17.9 Å². The van der Waals surface area contributed by atoms with E-state index < -0.39 is 11.7 Å². The standard InChI is InChI=1S/C26H29F3N4O/c1-2-15-34-22-10-6-9-21(16-22)31-24-23(26(27,28)29)17-30-25(33-24)32-20-13-11-19(12-14-20)18-7-4-3-5-8-18/h6,9-14,16-18H,2-5,7-8,15H2,1H3,(H2,30,31,32,33). The highest BCUT2D eigenvalue weighted by atomic mass is 19.4. The minimum absolute atomic E-state index is 0.0827. The molecular weight excluding hydrogens is 441 g/mol. The van der Waals surface area contributed by atoms with Crippen LogP contribution in [0.4, 0.5) is 36.3 Å². The first-order chi connectivity index (χ1) is 16.4. The first-order valence-electron chi connectivity index (χ1n) is 11.7. The number of alkyl halides is 3. The first-order valence-corrected chi connectivity index (χ1v) is 11.7. The van der Waals surface area contributed by atoms with Gasteiger partial charge in [-0.05, 0) is 55.0 Å². The maximum absolute atomic E-state index is 13.6. The van der Waals surface area contributed by atoms with Crippen LogP contribution in [-0.4, -0.2) is 16.6 Å². The zero-order valence-electron chi connectivity index (χ0n) is 19.2. The normalized spacial score (nSPS) is 14.6. The fourth-order valence-corrected chi connectivity index (χ4v) is 4.17. The molecule has 2 N–H and O–H groups in total. The van der Waals surface area contributed by atoms with Crippen LogP contribution in [0.5, 0.6) is 5.75 Å². The summed E-state index contributed by atoms with van der Waals surface area (Å²) in [6, 6.07) is 14.8. The monoisotopic (exact) mass is 470 g/mol. The van der Waals surface area contributed by atoms with Crippen LogP contribution in [-0.2, 0) is 6.18 Å². The SMILES string of the molecule is CCCOc1cccc(Nc2nc(Nc3ccc(C4CCCCC4)cc3)ncc2C(F)(F)F)c1. The van der Waals surface area contributed by atoms with Crippen LogP contribution in [0.15, 0.2) is 54.7 Å². The Bertz CT molecular complexity index is 1080. The van der Waals surface area contributed by atoms with Crippen molar-refractivity contribution in [1.29, 1.82) is 0 Å². The summed E-state index contributed by atoms with van der Waals surface area (Å²) >= 11 is 0. The van der Waals surface area contributed by atoms with Crippen molar-refractivity contribution in [2.45, 2.75) is 57.5 Å². The lowest BCUT2D eigenvalue weighted by molar-refractivity contribution is -0.137. The highest BCUT2D eigenvalue weighted by molar-refractivity contribution is 5.64. The van der Waals surface area contributed by atoms with Crippen molar-refractivity contribution in [3.05, 3.63) is 65.9 Å². The van der Waals surface area contributed by atoms with Gasteiger partial charge in [0.2, 0.25) is 5.95 Å². The fraction of sp³-hybridized carbons (Fsp3) is 0.385. The largest absolute Gasteiger partial charge is 0.494 e. The molecule has 180 valence electrons. The van der Waals surface area contributed by atoms with E-state index >= 15 is 0 Å². The predicted molar refractivity (Wildman–Crippen MR) is 128 cm³/mol. The summed E-state index contributed by atoms with van der Waals surface area (Å²) in [5.41, 5.74) is 1.53. The summed E-state index contributed by atoms with van der Waals surface area (Å²) in [7, 11) is 0. The van der Waals surface area contributed by atoms with Crippen LogP contribution < -0.4 is 15.4 Å². The minimum Gasteiger partial charge on any atom is -0.494 e. The van der Waals surface area contributed by atoms with Gasteiger partial charge < -0.3 is 15.4 Å². The number of halogens is 3. The van der Waals surface area contributed by atoms with E-state index in [4.69, 9.17) is 4.74 Å². The Morgan fingerprint density at radius 1 is 0.971 bits per heavy atom. The van der Waals surface area contributed by atoms with Crippen molar-refractivity contribution in [3.8, 4) is 5.75 Å². The molecule has 0 atom stereocenters. The summed E-state index contributed by atoms with van der Waals surface area (Å²) in [6.07, 6.45) is 3.25. The molecule has 8 heteroatoms. The van der Waals surface area contributed by atoms with E-state index in [1.54, 1.807) is 24.3 Å². The van der Waals surface area contributed by atoms with Gasteiger partial charge in [-0.25, -0.2) is 4.98 Å². The number of rotatable bonds is 8. The number of nitrogens with one attached hydrogen (secondary N) is 2. The lowest BCUT2D eigenvalue weighted by Gasteiger charge is -2.22. The molecule has 1 saturated carbocycles. The van der Waals surface area contributed by atoms with Gasteiger partial charge in [-0.1, -0.05) is 44.4 Å². The van der Waals surface area contributed by atoms with E-state index in [9.17, 15) is 13.2 Å². The number of anilines is 4. The molecule has 1 aliphatic carbocycles. The topological polar surface area (TPSA) is 59.1 Å². The molecule has 0 saturated heterocycles. The van der Waals surface area contributed by atoms with Crippen LogP contribution in [0, 0.1) is 0 Å². The van der Waals surface area contributed by atoms with E-state index in [0.717, 1.165) is 18.3 Å². The molecule has 1 fully saturated rings. The quantitative estimate of drug-likeness (QED) is 0.351. The number of ether oxygens (including phenoxy) is 1. The average Bonchev–Trinajstić information content (AvgIpc) is 2.83. The molecule has 4 rings (SSSR count). The zero-order valence-corrected chi connectivity index (χ0v) is 19.2. The zero-order chi connectivity index (χ0) is 24.0. The van der Waals surface area contributed by atoms with E-state index in [1.807, 2.05) is 19.1 Å². The second-order valence-corrected chi connectivity index (χ2v) is 8.54. The smallest absolute Gasteiger partial charge is 0.421 e. The van der Waals surface area contributed by atoms with E-state index in [0.29, 0.717) is 24.0 Å². The second kappa shape index (κ2) is 10.8. The van der Waals surface area contributed by atoms with Gasteiger partial charge in [0.25, 0.3) is 0 Å². The van der Waals surface area contributed by atoms with Gasteiger partial charge in [0.05, 0.1) is 6.61 Å². The summed E-state index contributed by atoms with van der Waals surface area (Å²) in [6.45, 7) is 2.51. The Labute approximate surface area is 197 Å². The maximum Gasteiger partial charge on any atom is 0.421 e. The molecule has 1 aromatic heterocycles. The van der Waals surface area contributed by atoms with Crippen molar-refractivity contribution >= 4 is 23.1 Å². The molecule has 0 radical (unpaired) electrons. The Balaban J connectivity index is 1.53. The lowest BCUT2D eigenvalue weighted by Crippen LogP contribution is -2.12. The maximum atomic E-state index is 13.6. The van der Waals surface area contributed by atoms with Crippen molar-refractivity contribution in [2.75, 3.05) is 17.2 Å². The second-order valence-electron chi connectivity index (χ2n) is 8.54. The first kappa shape index (κ1) is 23.9. The number of hydrogen-bond donors (Lipinski definition) is 2. The van der Waals surface area contributed by atoms with Crippen molar-refractivity contribution in [2.24, 2.45) is 0 Å². The van der Waals surface area contributed by atoms with E-state index in [1.165, 1.54) is 37.7 Å². The number of aromatic nitrogens is 2. The van der Waals surface area contributed by atoms with Gasteiger partial charge in [0, 0.05) is 23.6 Å². The average molecular weight is 471 g/mol. The van der Waals surface area contributed by atoms with Crippen LogP contribution in [0.3, 0.4) is 0 Å². The molecule has 0 unspecified atom stereocenters. The van der Waals surface area contributed by atoms with Gasteiger partial charge in [0.15, 0.2) is 0 Å². The van der Waals surface area contributed by atoms with Crippen molar-refractivity contribution in [1.82, 2.24) is 9.97 Å². The summed E-state index contributed by atoms with van der Waals surface area (Å²) < 4.78 is 46.4. The van der Waals surface area contributed by atoms with Gasteiger partial charge in [-0.3, -0.25) is 0 Å². The minimum atomic E-state index is -4.60. The molecular formula is C26H29F3N4O. The van der Waals surface area contributed by atoms with Crippen molar-refractivity contribution in [3.63, 3.8) is 0 Å². The highest BCUT2D eigenvalue weighted by Gasteiger charge is 2.35. The lowest BCUT2D eigenvalue weighted by atomic mass is 9.84. The number of benzene rings is 2. The van der Waals surface area contributed by atoms with Gasteiger partial charge in [-0.15, -0.1) is 0 Å². The van der Waals surface area contributed by atoms with Crippen LogP contribution in [0.2, 0.25) is 0 Å². The summed E-state index contributed by atoms with van der Waals surface area (Å²) in [5, 5.41) is 5.81. The van der Waals surface area contributed by atoms with Crippen LogP contribution in [0.1, 0.15) is 62.5 Å². The van der Waals surface area contributed by atoms with Crippen LogP contribution >= 0.6 is 0 Å². The molecule has 1 aliphatic rings. The summed E-state index contributed by atoms with van der Waals surface area (Å²) in [5.74, 6) is 0.916. The fourth-order valence-electron chi connectivity index (χ4n) is 4.17. The van der Waals surface area contributed by atoms with Gasteiger partial charge in [-0.2, -0.15) is 18.2 Å². The molecule has 0 amide bonds. The Morgan fingerprint density at radius 2 is 1.74 bits per heavy atom. The third-order valence-corrected chi connectivity index (χ3v) is 5.91. The summed E-state index contributed by atoms with van der Waals surface area (Å²) in [4.78, 5) is 8.05. The molecule has 0 aliphatic heterocycles. The van der Waals surface area contributed by atoms with Crippen LogP contribution in [0.25, 0.3) is 0 Å². The Morgan fingerprint density at radius 3 is 2.44 bits per heavy atom. The van der Waals surface area contributed by atoms with E-state index in [-0.39, 0.29) is 11.8 Å². The van der Waals surface area contributed by atoms with E-state index in [2.05, 4.69) is 32.7 Å². The molecule has 1 heterocycles. The number of hydrogen-bond acceptors (Lipinski definition) is 5. The Hall–Kier alpha value is -3.29. The molecule has 0 spiro atoms. The van der Waals surface area contributed by atoms with Gasteiger partial charge in [0.1, 0.15) is 17.1 Å². The molecule has 5 nitrogen and oxygen atoms in total. The van der Waals surface area contributed by atoms with Gasteiger partial charge >= 0.3 is 6.18 Å². The molecule has 3 aromatic rings. The Kier molecular flexibility index (Phi) is 7.55.